The van der Waals surface area contributed by atoms with Gasteiger partial charge in [0.25, 0.3) is 0 Å². The molecule has 0 nitrogen and oxygen atoms in total. The van der Waals surface area contributed by atoms with Gasteiger partial charge in [-0.3, -0.25) is 0 Å². The summed E-state index contributed by atoms with van der Waals surface area (Å²) in [4.78, 5) is 0. The van der Waals surface area contributed by atoms with Crippen molar-refractivity contribution < 1.29 is 29.0 Å². The van der Waals surface area contributed by atoms with E-state index in [-0.39, 0.29) is 4.28 Å². The van der Waals surface area contributed by atoms with Gasteiger partial charge in [-0.05, 0) is 0 Å². The summed E-state index contributed by atoms with van der Waals surface area (Å²) in [7, 11) is 0. The Balaban J connectivity index is 0. The maximum atomic E-state index is 2.30. The van der Waals surface area contributed by atoms with E-state index in [0.717, 1.165) is 5.92 Å². The van der Waals surface area contributed by atoms with Gasteiger partial charge in [-0.2, -0.15) is 0 Å². The van der Waals surface area contributed by atoms with Crippen molar-refractivity contribution in [2.24, 2.45) is 5.92 Å². The van der Waals surface area contributed by atoms with Crippen LogP contribution < -0.4 is 0 Å². The summed E-state index contributed by atoms with van der Waals surface area (Å²) in [5.41, 5.74) is 3.23. The van der Waals surface area contributed by atoms with Crippen LogP contribution in [0.25, 0.3) is 0 Å². The fourth-order valence-corrected chi connectivity index (χ4v) is 3.23. The zero-order valence-corrected chi connectivity index (χ0v) is 10.1. The van der Waals surface area contributed by atoms with Crippen molar-refractivity contribution in [1.29, 1.82) is 0 Å². The molecule has 0 unspecified atom stereocenters. The maximum absolute atomic E-state index is 2.30. The van der Waals surface area contributed by atoms with E-state index in [9.17, 15) is 0 Å². The quantitative estimate of drug-likeness (QED) is 0.718. The number of hydrogen-bond donors (Lipinski definition) is 0. The van der Waals surface area contributed by atoms with E-state index in [1.165, 1.54) is 17.0 Å². The van der Waals surface area contributed by atoms with Gasteiger partial charge in [0.15, 0.2) is 0 Å². The van der Waals surface area contributed by atoms with Crippen LogP contribution in [0.3, 0.4) is 0 Å². The van der Waals surface area contributed by atoms with Gasteiger partial charge in [-0.25, -0.2) is 0 Å². The minimum atomic E-state index is 0. The Bertz CT molecular complexity index is 286. The van der Waals surface area contributed by atoms with Crippen LogP contribution in [0.1, 0.15) is 17.1 Å². The van der Waals surface area contributed by atoms with Crippen LogP contribution in [0.15, 0.2) is 47.6 Å². The molecule has 13 heavy (non-hydrogen) atoms. The molecule has 0 heterocycles. The molecule has 2 rings (SSSR count). The Hall–Kier alpha value is -0.157. The molecule has 0 saturated carbocycles. The molecule has 68 valence electrons. The molecule has 0 aromatic heterocycles. The Labute approximate surface area is 99.4 Å². The topological polar surface area (TPSA) is 0 Å². The first-order valence-corrected chi connectivity index (χ1v) is 6.51. The zero-order chi connectivity index (χ0) is 9.10. The molecule has 0 aromatic rings. The molecule has 0 aromatic carbocycles. The molecule has 2 aliphatic carbocycles. The van der Waals surface area contributed by atoms with E-state index < -0.39 is 0 Å². The van der Waals surface area contributed by atoms with Crippen molar-refractivity contribution in [3.63, 3.8) is 0 Å². The van der Waals surface area contributed by atoms with Crippen LogP contribution in [0.2, 0.25) is 4.13 Å². The average Bonchev–Trinajstić information content (AvgIpc) is 2.76. The second kappa shape index (κ2) is 4.37. The Kier molecular flexibility index (Phi) is 3.16. The van der Waals surface area contributed by atoms with Crippen molar-refractivity contribution >= 4 is 0 Å². The SMILES string of the molecule is [H-].[H-].[H-].[Zr+3][CH2]C(C1=CC=CC1)C1=CC=CC1. The molecular formula is C12H16Zr. The standard InChI is InChI=1S/C12H13.Zr.3H/c1-10(11-6-2-3-7-11)12-8-4-5-9-12;;;;/h2-6,8,10H,1,7,9H2;;;;/q;+3;3*-1. The van der Waals surface area contributed by atoms with E-state index in [4.69, 9.17) is 0 Å². The van der Waals surface area contributed by atoms with Crippen LogP contribution in [0.5, 0.6) is 0 Å². The molecule has 0 spiro atoms. The van der Waals surface area contributed by atoms with Crippen LogP contribution in [-0.4, -0.2) is 0 Å². The van der Waals surface area contributed by atoms with Gasteiger partial charge in [0, 0.05) is 0 Å². The fourth-order valence-electron chi connectivity index (χ4n) is 1.94. The first kappa shape index (κ1) is 9.40. The molecular weight excluding hydrogens is 235 g/mol. The van der Waals surface area contributed by atoms with Gasteiger partial charge in [-0.1, -0.05) is 0 Å². The summed E-state index contributed by atoms with van der Waals surface area (Å²) in [5, 5.41) is 0. The molecule has 1 heteroatoms. The molecule has 0 radical (unpaired) electrons. The molecule has 0 bridgehead atoms. The predicted octanol–water partition coefficient (Wildman–Crippen LogP) is 3.68. The van der Waals surface area contributed by atoms with Crippen LogP contribution in [0.4, 0.5) is 0 Å². The predicted molar refractivity (Wildman–Crippen MR) is 55.3 cm³/mol. The Morgan fingerprint density at radius 2 is 1.69 bits per heavy atom. The first-order chi connectivity index (χ1) is 6.42. The van der Waals surface area contributed by atoms with Crippen LogP contribution in [0, 0.1) is 5.92 Å². The van der Waals surface area contributed by atoms with E-state index in [1.54, 1.807) is 35.9 Å². The van der Waals surface area contributed by atoms with Gasteiger partial charge >= 0.3 is 95.2 Å². The summed E-state index contributed by atoms with van der Waals surface area (Å²) >= 11 is 1.65. The van der Waals surface area contributed by atoms with E-state index in [0.29, 0.717) is 0 Å². The van der Waals surface area contributed by atoms with Gasteiger partial charge in [0.2, 0.25) is 0 Å². The number of allylic oxidation sites excluding steroid dienone is 8. The van der Waals surface area contributed by atoms with Crippen LogP contribution >= 0.6 is 0 Å². The Morgan fingerprint density at radius 1 is 1.15 bits per heavy atom. The summed E-state index contributed by atoms with van der Waals surface area (Å²) in [6.07, 6.45) is 15.9. The number of rotatable bonds is 3. The van der Waals surface area contributed by atoms with Gasteiger partial charge in [0.05, 0.1) is 0 Å². The minimum absolute atomic E-state index is 0. The summed E-state index contributed by atoms with van der Waals surface area (Å²) in [6.45, 7) is 0. The van der Waals surface area contributed by atoms with Crippen LogP contribution in [-0.2, 0) is 24.7 Å². The Morgan fingerprint density at radius 3 is 2.00 bits per heavy atom. The first-order valence-electron chi connectivity index (χ1n) is 4.77. The molecule has 0 amide bonds. The summed E-state index contributed by atoms with van der Waals surface area (Å²) in [5.74, 6) is 0.739. The van der Waals surface area contributed by atoms with E-state index >= 15 is 0 Å². The van der Waals surface area contributed by atoms with Crippen molar-refractivity contribution in [1.82, 2.24) is 0 Å². The number of hydrogen-bond acceptors (Lipinski definition) is 0. The molecule has 2 aliphatic rings. The second-order valence-corrected chi connectivity index (χ2v) is 4.51. The third kappa shape index (κ3) is 2.02. The monoisotopic (exact) mass is 250 g/mol. The third-order valence-electron chi connectivity index (χ3n) is 2.70. The normalized spacial score (nSPS) is 19.9. The summed E-state index contributed by atoms with van der Waals surface area (Å²) in [6, 6.07) is 0. The zero-order valence-electron chi connectivity index (χ0n) is 10.7. The van der Waals surface area contributed by atoms with Crippen molar-refractivity contribution in [3.8, 4) is 0 Å². The average molecular weight is 251 g/mol. The van der Waals surface area contributed by atoms with E-state index in [2.05, 4.69) is 36.5 Å². The van der Waals surface area contributed by atoms with Crippen molar-refractivity contribution in [3.05, 3.63) is 47.6 Å². The van der Waals surface area contributed by atoms with Gasteiger partial charge < -0.3 is 4.28 Å². The summed E-state index contributed by atoms with van der Waals surface area (Å²) < 4.78 is 1.33. The third-order valence-corrected chi connectivity index (χ3v) is 3.70. The molecule has 0 atom stereocenters. The molecule has 0 N–H and O–H groups in total. The molecule has 0 aliphatic heterocycles. The molecule has 0 saturated heterocycles. The van der Waals surface area contributed by atoms with E-state index in [1.807, 2.05) is 0 Å². The van der Waals surface area contributed by atoms with Crippen molar-refractivity contribution in [2.45, 2.75) is 17.0 Å². The van der Waals surface area contributed by atoms with Gasteiger partial charge in [0.1, 0.15) is 0 Å². The second-order valence-electron chi connectivity index (χ2n) is 3.50. The van der Waals surface area contributed by atoms with Gasteiger partial charge in [-0.15, -0.1) is 0 Å². The molecule has 0 fully saturated rings. The van der Waals surface area contributed by atoms with Crippen molar-refractivity contribution in [2.75, 3.05) is 0 Å². The fraction of sp³-hybridized carbons (Fsp3) is 0.333.